The van der Waals surface area contributed by atoms with Crippen molar-refractivity contribution < 1.29 is 17.9 Å². The molecule has 1 aromatic carbocycles. The molecule has 2 aromatic rings. The number of amides is 1. The molecule has 24 heavy (non-hydrogen) atoms. The fourth-order valence-electron chi connectivity index (χ4n) is 1.90. The van der Waals surface area contributed by atoms with Gasteiger partial charge < -0.3 is 10.1 Å². The van der Waals surface area contributed by atoms with Crippen molar-refractivity contribution in [3.8, 4) is 0 Å². The van der Waals surface area contributed by atoms with Crippen molar-refractivity contribution in [3.05, 3.63) is 39.8 Å². The smallest absolute Gasteiger partial charge is 0.275 e. The van der Waals surface area contributed by atoms with Gasteiger partial charge in [0.15, 0.2) is 0 Å². The van der Waals surface area contributed by atoms with Gasteiger partial charge in [-0.25, -0.2) is 13.4 Å². The van der Waals surface area contributed by atoms with Crippen LogP contribution in [0.5, 0.6) is 0 Å². The summed E-state index contributed by atoms with van der Waals surface area (Å²) in [5.41, 5.74) is 2.09. The first kappa shape index (κ1) is 18.4. The number of aryl methyl sites for hydroxylation is 1. The molecule has 1 aromatic heterocycles. The van der Waals surface area contributed by atoms with E-state index in [2.05, 4.69) is 15.0 Å². The number of carbonyl (C=O) groups is 1. The third kappa shape index (κ3) is 4.76. The lowest BCUT2D eigenvalue weighted by Crippen LogP contribution is -2.16. The fourth-order valence-corrected chi connectivity index (χ4v) is 3.35. The minimum Gasteiger partial charge on any atom is -0.378 e. The largest absolute Gasteiger partial charge is 0.378 e. The highest BCUT2D eigenvalue weighted by molar-refractivity contribution is 7.92. The number of aromatic nitrogens is 1. The second-order valence-electron chi connectivity index (χ2n) is 5.05. The molecule has 7 nitrogen and oxygen atoms in total. The molecule has 130 valence electrons. The van der Waals surface area contributed by atoms with Crippen molar-refractivity contribution in [2.24, 2.45) is 0 Å². The quantitative estimate of drug-likeness (QED) is 0.782. The van der Waals surface area contributed by atoms with Crippen LogP contribution in [-0.2, 0) is 21.4 Å². The van der Waals surface area contributed by atoms with Crippen LogP contribution in [0.3, 0.4) is 0 Å². The maximum absolute atomic E-state index is 12.2. The Bertz CT molecular complexity index is 831. The van der Waals surface area contributed by atoms with E-state index >= 15 is 0 Å². The van der Waals surface area contributed by atoms with Gasteiger partial charge in [0.2, 0.25) is 10.0 Å². The van der Waals surface area contributed by atoms with E-state index in [4.69, 9.17) is 4.74 Å². The van der Waals surface area contributed by atoms with Gasteiger partial charge in [-0.15, -0.1) is 11.3 Å². The van der Waals surface area contributed by atoms with Crippen molar-refractivity contribution in [2.75, 3.05) is 22.9 Å². The number of ether oxygens (including phenoxy) is 1. The van der Waals surface area contributed by atoms with E-state index in [1.165, 1.54) is 11.3 Å². The molecule has 0 radical (unpaired) electrons. The SMILES string of the molecule is CCS(=O)(=O)Nc1ccc(NC(=O)c2csc(COC)n2)cc1C. The second kappa shape index (κ2) is 7.73. The molecule has 0 fully saturated rings. The maximum Gasteiger partial charge on any atom is 0.275 e. The Morgan fingerprint density at radius 2 is 2.12 bits per heavy atom. The average molecular weight is 369 g/mol. The van der Waals surface area contributed by atoms with Gasteiger partial charge in [-0.1, -0.05) is 0 Å². The van der Waals surface area contributed by atoms with Gasteiger partial charge in [-0.05, 0) is 37.6 Å². The highest BCUT2D eigenvalue weighted by Gasteiger charge is 2.13. The Hall–Kier alpha value is -1.97. The summed E-state index contributed by atoms with van der Waals surface area (Å²) >= 11 is 1.35. The molecular weight excluding hydrogens is 350 g/mol. The van der Waals surface area contributed by atoms with Gasteiger partial charge in [0.1, 0.15) is 10.7 Å². The Morgan fingerprint density at radius 3 is 2.75 bits per heavy atom. The summed E-state index contributed by atoms with van der Waals surface area (Å²) in [6, 6.07) is 4.96. The molecule has 0 bridgehead atoms. The van der Waals surface area contributed by atoms with Crippen molar-refractivity contribution in [1.82, 2.24) is 4.98 Å². The van der Waals surface area contributed by atoms with Crippen LogP contribution in [-0.4, -0.2) is 32.2 Å². The molecule has 0 atom stereocenters. The Labute approximate surface area is 145 Å². The summed E-state index contributed by atoms with van der Waals surface area (Å²) in [4.78, 5) is 16.4. The minimum atomic E-state index is -3.33. The van der Waals surface area contributed by atoms with Gasteiger partial charge >= 0.3 is 0 Å². The Kier molecular flexibility index (Phi) is 5.92. The van der Waals surface area contributed by atoms with Gasteiger partial charge in [0.05, 0.1) is 18.0 Å². The molecule has 0 spiro atoms. The zero-order chi connectivity index (χ0) is 17.7. The zero-order valence-corrected chi connectivity index (χ0v) is 15.3. The molecular formula is C15H19N3O4S2. The highest BCUT2D eigenvalue weighted by Crippen LogP contribution is 2.21. The normalized spacial score (nSPS) is 11.3. The molecule has 0 unspecified atom stereocenters. The monoisotopic (exact) mass is 369 g/mol. The first-order valence-electron chi connectivity index (χ1n) is 7.20. The second-order valence-corrected chi connectivity index (χ2v) is 8.00. The maximum atomic E-state index is 12.2. The molecule has 0 saturated heterocycles. The summed E-state index contributed by atoms with van der Waals surface area (Å²) in [6.07, 6.45) is 0. The summed E-state index contributed by atoms with van der Waals surface area (Å²) in [6.45, 7) is 3.70. The van der Waals surface area contributed by atoms with Crippen LogP contribution >= 0.6 is 11.3 Å². The molecule has 2 rings (SSSR count). The molecule has 0 saturated carbocycles. The molecule has 9 heteroatoms. The minimum absolute atomic E-state index is 0.00143. The Balaban J connectivity index is 2.09. The van der Waals surface area contributed by atoms with E-state index in [0.717, 1.165) is 5.01 Å². The Morgan fingerprint density at radius 1 is 1.38 bits per heavy atom. The zero-order valence-electron chi connectivity index (χ0n) is 13.6. The standard InChI is InChI=1S/C15H19N3O4S2/c1-4-24(20,21)18-12-6-5-11(7-10(12)2)16-15(19)13-9-23-14(17-13)8-22-3/h5-7,9,18H,4,8H2,1-3H3,(H,16,19). The number of carbonyl (C=O) groups excluding carboxylic acids is 1. The lowest BCUT2D eigenvalue weighted by molar-refractivity contribution is 0.102. The lowest BCUT2D eigenvalue weighted by atomic mass is 10.2. The van der Waals surface area contributed by atoms with Gasteiger partial charge in [0.25, 0.3) is 5.91 Å². The number of nitrogens with one attached hydrogen (secondary N) is 2. The van der Waals surface area contributed by atoms with Crippen LogP contribution in [0.2, 0.25) is 0 Å². The number of nitrogens with zero attached hydrogens (tertiary/aromatic N) is 1. The van der Waals surface area contributed by atoms with E-state index in [9.17, 15) is 13.2 Å². The number of hydrogen-bond donors (Lipinski definition) is 2. The van der Waals surface area contributed by atoms with Crippen LogP contribution in [0.4, 0.5) is 11.4 Å². The highest BCUT2D eigenvalue weighted by atomic mass is 32.2. The molecule has 2 N–H and O–H groups in total. The predicted octanol–water partition coefficient (Wildman–Crippen LogP) is 2.61. The van der Waals surface area contributed by atoms with Crippen LogP contribution in [0.15, 0.2) is 23.6 Å². The predicted molar refractivity (Wildman–Crippen MR) is 95.0 cm³/mol. The van der Waals surface area contributed by atoms with Crippen molar-refractivity contribution >= 4 is 38.6 Å². The number of sulfonamides is 1. The van der Waals surface area contributed by atoms with E-state index in [-0.39, 0.29) is 11.7 Å². The number of anilines is 2. The van der Waals surface area contributed by atoms with E-state index < -0.39 is 10.0 Å². The van der Waals surface area contributed by atoms with E-state index in [1.807, 2.05) is 0 Å². The number of thiazole rings is 1. The molecule has 1 heterocycles. The van der Waals surface area contributed by atoms with E-state index in [1.54, 1.807) is 44.5 Å². The summed E-state index contributed by atoms with van der Waals surface area (Å²) < 4.78 is 30.7. The third-order valence-electron chi connectivity index (χ3n) is 3.18. The fraction of sp³-hybridized carbons (Fsp3) is 0.333. The number of benzene rings is 1. The van der Waals surface area contributed by atoms with Crippen molar-refractivity contribution in [1.29, 1.82) is 0 Å². The van der Waals surface area contributed by atoms with Gasteiger partial charge in [0, 0.05) is 18.2 Å². The molecule has 0 aliphatic carbocycles. The summed E-state index contributed by atoms with van der Waals surface area (Å²) in [7, 11) is -1.77. The van der Waals surface area contributed by atoms with Gasteiger partial charge in [-0.2, -0.15) is 0 Å². The number of rotatable bonds is 7. The number of hydrogen-bond acceptors (Lipinski definition) is 6. The van der Waals surface area contributed by atoms with Gasteiger partial charge in [-0.3, -0.25) is 9.52 Å². The molecule has 0 aliphatic rings. The number of methoxy groups -OCH3 is 1. The topological polar surface area (TPSA) is 97.4 Å². The molecule has 1 amide bonds. The first-order chi connectivity index (χ1) is 11.3. The summed E-state index contributed by atoms with van der Waals surface area (Å²) in [5, 5.41) is 5.14. The van der Waals surface area contributed by atoms with Crippen LogP contribution in [0.25, 0.3) is 0 Å². The van der Waals surface area contributed by atoms with Crippen LogP contribution < -0.4 is 10.0 Å². The lowest BCUT2D eigenvalue weighted by Gasteiger charge is -2.11. The van der Waals surface area contributed by atoms with Crippen molar-refractivity contribution in [3.63, 3.8) is 0 Å². The average Bonchev–Trinajstić information content (AvgIpc) is 2.99. The first-order valence-corrected chi connectivity index (χ1v) is 9.73. The summed E-state index contributed by atoms with van der Waals surface area (Å²) in [5.74, 6) is -0.326. The van der Waals surface area contributed by atoms with E-state index in [0.29, 0.717) is 29.2 Å². The van der Waals surface area contributed by atoms with Crippen LogP contribution in [0, 0.1) is 6.92 Å². The molecule has 0 aliphatic heterocycles. The van der Waals surface area contributed by atoms with Crippen molar-refractivity contribution in [2.45, 2.75) is 20.5 Å². The van der Waals surface area contributed by atoms with Crippen LogP contribution in [0.1, 0.15) is 28.0 Å². The third-order valence-corrected chi connectivity index (χ3v) is 5.30.